The number of nitrogens with zero attached hydrogens (tertiary/aromatic N) is 1. The first-order valence-electron chi connectivity index (χ1n) is 8.11. The van der Waals surface area contributed by atoms with Crippen LogP contribution in [0.4, 0.5) is 5.69 Å². The topological polar surface area (TPSA) is 75.7 Å². The van der Waals surface area contributed by atoms with Crippen LogP contribution in [0.2, 0.25) is 0 Å². The molecule has 0 spiro atoms. The number of sulfonamides is 1. The van der Waals surface area contributed by atoms with Gasteiger partial charge in [-0.05, 0) is 53.4 Å². The lowest BCUT2D eigenvalue weighted by Crippen LogP contribution is -2.29. The van der Waals surface area contributed by atoms with Crippen molar-refractivity contribution in [3.63, 3.8) is 0 Å². The summed E-state index contributed by atoms with van der Waals surface area (Å²) in [5.74, 6) is 0.00379. The molecule has 0 fully saturated rings. The van der Waals surface area contributed by atoms with Crippen LogP contribution in [-0.4, -0.2) is 40.6 Å². The van der Waals surface area contributed by atoms with Crippen LogP contribution in [0.15, 0.2) is 21.5 Å². The van der Waals surface area contributed by atoms with Gasteiger partial charge in [0.15, 0.2) is 0 Å². The molecular weight excluding hydrogens is 396 g/mol. The van der Waals surface area contributed by atoms with E-state index >= 15 is 0 Å². The van der Waals surface area contributed by atoms with E-state index in [-0.39, 0.29) is 10.8 Å². The summed E-state index contributed by atoms with van der Waals surface area (Å²) in [6.07, 6.45) is 1.74. The highest BCUT2D eigenvalue weighted by atomic mass is 79.9. The summed E-state index contributed by atoms with van der Waals surface area (Å²) in [6.45, 7) is 5.74. The Bertz CT molecular complexity index is 706. The van der Waals surface area contributed by atoms with Gasteiger partial charge in [-0.1, -0.05) is 6.92 Å². The summed E-state index contributed by atoms with van der Waals surface area (Å²) in [7, 11) is -3.65. The number of rotatable bonds is 8. The average molecular weight is 419 g/mol. The van der Waals surface area contributed by atoms with E-state index in [9.17, 15) is 13.2 Å². The van der Waals surface area contributed by atoms with Gasteiger partial charge < -0.3 is 9.64 Å². The highest BCUT2D eigenvalue weighted by Crippen LogP contribution is 2.35. The highest BCUT2D eigenvalue weighted by molar-refractivity contribution is 9.10. The molecule has 24 heavy (non-hydrogen) atoms. The molecule has 0 unspecified atom stereocenters. The third-order valence-corrected chi connectivity index (χ3v) is 6.30. The molecule has 0 aromatic heterocycles. The molecule has 2 rings (SSSR count). The van der Waals surface area contributed by atoms with Crippen molar-refractivity contribution < 1.29 is 17.9 Å². The SMILES string of the molecule is CCOCCCNS(=O)(=O)c1cc2c(cc1Br)CCN2C(=O)CC. The van der Waals surface area contributed by atoms with Crippen LogP contribution in [0.3, 0.4) is 0 Å². The summed E-state index contributed by atoms with van der Waals surface area (Å²) in [4.78, 5) is 13.9. The van der Waals surface area contributed by atoms with E-state index in [0.717, 1.165) is 12.0 Å². The fourth-order valence-corrected chi connectivity index (χ4v) is 4.83. The van der Waals surface area contributed by atoms with Gasteiger partial charge in [0.05, 0.1) is 4.90 Å². The smallest absolute Gasteiger partial charge is 0.241 e. The predicted molar refractivity (Wildman–Crippen MR) is 96.8 cm³/mol. The van der Waals surface area contributed by atoms with Crippen molar-refractivity contribution in [2.45, 2.75) is 38.0 Å². The molecule has 1 aromatic carbocycles. The zero-order valence-corrected chi connectivity index (χ0v) is 16.4. The molecule has 8 heteroatoms. The van der Waals surface area contributed by atoms with Gasteiger partial charge in [-0.15, -0.1) is 0 Å². The van der Waals surface area contributed by atoms with Crippen LogP contribution in [0.5, 0.6) is 0 Å². The van der Waals surface area contributed by atoms with Gasteiger partial charge in [0.2, 0.25) is 15.9 Å². The molecule has 0 atom stereocenters. The van der Waals surface area contributed by atoms with Crippen LogP contribution in [0.25, 0.3) is 0 Å². The van der Waals surface area contributed by atoms with Crippen molar-refractivity contribution in [2.75, 3.05) is 31.2 Å². The second-order valence-corrected chi connectivity index (χ2v) is 8.10. The summed E-state index contributed by atoms with van der Waals surface area (Å²) >= 11 is 3.35. The monoisotopic (exact) mass is 418 g/mol. The number of nitrogens with one attached hydrogen (secondary N) is 1. The Labute approximate surface area is 151 Å². The molecule has 0 aliphatic carbocycles. The van der Waals surface area contributed by atoms with Crippen molar-refractivity contribution in [1.29, 1.82) is 0 Å². The molecule has 1 aliphatic heterocycles. The summed E-state index contributed by atoms with van der Waals surface area (Å²) in [5.41, 5.74) is 1.68. The minimum absolute atomic E-state index is 0.00379. The fraction of sp³-hybridized carbons (Fsp3) is 0.562. The van der Waals surface area contributed by atoms with E-state index in [2.05, 4.69) is 20.7 Å². The van der Waals surface area contributed by atoms with Gasteiger partial charge in [0, 0.05) is 42.9 Å². The Balaban J connectivity index is 2.20. The number of benzene rings is 1. The third kappa shape index (κ3) is 4.36. The van der Waals surface area contributed by atoms with Crippen LogP contribution >= 0.6 is 15.9 Å². The van der Waals surface area contributed by atoms with E-state index in [1.165, 1.54) is 0 Å². The molecule has 1 N–H and O–H groups in total. The van der Waals surface area contributed by atoms with Crippen molar-refractivity contribution in [3.05, 3.63) is 22.2 Å². The number of anilines is 1. The molecule has 1 aromatic rings. The zero-order valence-electron chi connectivity index (χ0n) is 14.0. The fourth-order valence-electron chi connectivity index (χ4n) is 2.65. The van der Waals surface area contributed by atoms with E-state index < -0.39 is 10.0 Å². The van der Waals surface area contributed by atoms with Gasteiger partial charge in [0.1, 0.15) is 0 Å². The number of carbonyl (C=O) groups is 1. The predicted octanol–water partition coefficient (Wildman–Crippen LogP) is 2.45. The molecule has 0 saturated heterocycles. The molecule has 1 aliphatic rings. The molecule has 0 bridgehead atoms. The van der Waals surface area contributed by atoms with Crippen molar-refractivity contribution in [1.82, 2.24) is 4.72 Å². The number of ether oxygens (including phenoxy) is 1. The number of fused-ring (bicyclic) bond motifs is 1. The maximum atomic E-state index is 12.5. The quantitative estimate of drug-likeness (QED) is 0.657. The number of amides is 1. The first kappa shape index (κ1) is 19.4. The van der Waals surface area contributed by atoms with Crippen LogP contribution in [0, 0.1) is 0 Å². The Morgan fingerprint density at radius 3 is 2.79 bits per heavy atom. The third-order valence-electron chi connectivity index (χ3n) is 3.88. The van der Waals surface area contributed by atoms with E-state index in [1.807, 2.05) is 6.92 Å². The molecule has 0 saturated carbocycles. The maximum absolute atomic E-state index is 12.5. The number of carbonyl (C=O) groups excluding carboxylic acids is 1. The summed E-state index contributed by atoms with van der Waals surface area (Å²) in [6, 6.07) is 3.39. The van der Waals surface area contributed by atoms with Gasteiger partial charge in [-0.3, -0.25) is 4.79 Å². The second kappa shape index (κ2) is 8.42. The standard InChI is InChI=1S/C16H23BrN2O4S/c1-3-16(20)19-8-6-12-10-13(17)15(11-14(12)19)24(21,22)18-7-5-9-23-4-2/h10-11,18H,3-9H2,1-2H3. The van der Waals surface area contributed by atoms with Crippen LogP contribution in [-0.2, 0) is 26.0 Å². The minimum atomic E-state index is -3.65. The summed E-state index contributed by atoms with van der Waals surface area (Å²) < 4.78 is 33.4. The van der Waals surface area contributed by atoms with Crippen LogP contribution < -0.4 is 9.62 Å². The van der Waals surface area contributed by atoms with E-state index in [0.29, 0.717) is 49.3 Å². The second-order valence-electron chi connectivity index (χ2n) is 5.51. The zero-order chi connectivity index (χ0) is 17.7. The van der Waals surface area contributed by atoms with Crippen LogP contribution in [0.1, 0.15) is 32.3 Å². The lowest BCUT2D eigenvalue weighted by molar-refractivity contribution is -0.118. The summed E-state index contributed by atoms with van der Waals surface area (Å²) in [5, 5.41) is 0. The molecular formula is C16H23BrN2O4S. The van der Waals surface area contributed by atoms with Crippen molar-refractivity contribution >= 4 is 37.5 Å². The minimum Gasteiger partial charge on any atom is -0.382 e. The van der Waals surface area contributed by atoms with Crippen molar-refractivity contribution in [3.8, 4) is 0 Å². The Morgan fingerprint density at radius 1 is 1.38 bits per heavy atom. The van der Waals surface area contributed by atoms with Gasteiger partial charge in [-0.25, -0.2) is 13.1 Å². The Hall–Kier alpha value is -0.960. The normalized spacial score (nSPS) is 14.0. The first-order chi connectivity index (χ1) is 11.4. The lowest BCUT2D eigenvalue weighted by Gasteiger charge is -2.18. The molecule has 1 amide bonds. The highest BCUT2D eigenvalue weighted by Gasteiger charge is 2.28. The Kier molecular flexibility index (Phi) is 6.79. The molecule has 1 heterocycles. The Morgan fingerprint density at radius 2 is 2.12 bits per heavy atom. The van der Waals surface area contributed by atoms with Gasteiger partial charge in [-0.2, -0.15) is 0 Å². The molecule has 134 valence electrons. The first-order valence-corrected chi connectivity index (χ1v) is 10.4. The largest absolute Gasteiger partial charge is 0.382 e. The number of halogens is 1. The maximum Gasteiger partial charge on any atom is 0.241 e. The lowest BCUT2D eigenvalue weighted by atomic mass is 10.2. The van der Waals surface area contributed by atoms with Gasteiger partial charge in [0.25, 0.3) is 0 Å². The molecule has 6 nitrogen and oxygen atoms in total. The van der Waals surface area contributed by atoms with E-state index in [4.69, 9.17) is 4.74 Å². The van der Waals surface area contributed by atoms with Gasteiger partial charge >= 0.3 is 0 Å². The van der Waals surface area contributed by atoms with Crippen molar-refractivity contribution in [2.24, 2.45) is 0 Å². The average Bonchev–Trinajstić information content (AvgIpc) is 2.95. The number of hydrogen-bond acceptors (Lipinski definition) is 4. The molecule has 0 radical (unpaired) electrons. The van der Waals surface area contributed by atoms with E-state index in [1.54, 1.807) is 24.0 Å². The number of hydrogen-bond donors (Lipinski definition) is 1.